The van der Waals surface area contributed by atoms with Crippen LogP contribution in [0.3, 0.4) is 0 Å². The van der Waals surface area contributed by atoms with E-state index in [-0.39, 0.29) is 6.04 Å². The Balaban J connectivity index is 1.11. The van der Waals surface area contributed by atoms with E-state index in [0.29, 0.717) is 0 Å². The van der Waals surface area contributed by atoms with Gasteiger partial charge in [-0.1, -0.05) is 170 Å². The van der Waals surface area contributed by atoms with Gasteiger partial charge in [-0.15, -0.1) is 0 Å². The Kier molecular flexibility index (Phi) is 7.88. The van der Waals surface area contributed by atoms with Crippen molar-refractivity contribution in [2.75, 3.05) is 0 Å². The van der Waals surface area contributed by atoms with Crippen molar-refractivity contribution in [1.82, 2.24) is 14.5 Å². The van der Waals surface area contributed by atoms with E-state index in [0.717, 1.165) is 45.0 Å². The zero-order chi connectivity index (χ0) is 39.6. The molecule has 0 amide bonds. The summed E-state index contributed by atoms with van der Waals surface area (Å²) in [5.74, 6) is 0.866. The van der Waals surface area contributed by atoms with Crippen LogP contribution in [0.1, 0.15) is 22.7 Å². The van der Waals surface area contributed by atoms with Crippen molar-refractivity contribution in [2.24, 2.45) is 4.99 Å². The summed E-state index contributed by atoms with van der Waals surface area (Å²) in [5.41, 5.74) is 13.6. The van der Waals surface area contributed by atoms with Gasteiger partial charge < -0.3 is 14.5 Å². The molecule has 0 saturated heterocycles. The van der Waals surface area contributed by atoms with Gasteiger partial charge in [0, 0.05) is 44.0 Å². The van der Waals surface area contributed by atoms with Gasteiger partial charge in [-0.3, -0.25) is 0 Å². The van der Waals surface area contributed by atoms with Crippen LogP contribution in [0, 0.1) is 0 Å². The maximum atomic E-state index is 5.32. The summed E-state index contributed by atoms with van der Waals surface area (Å²) in [5, 5.41) is 11.0. The quantitative estimate of drug-likeness (QED) is 0.180. The molecule has 0 saturated carbocycles. The lowest BCUT2D eigenvalue weighted by atomic mass is 9.92. The van der Waals surface area contributed by atoms with E-state index in [2.05, 4.69) is 227 Å². The normalized spacial score (nSPS) is 14.2. The molecule has 1 atom stereocenters. The molecule has 282 valence electrons. The largest absolute Gasteiger partial charge is 0.359 e. The number of hydrogen-bond acceptors (Lipinski definition) is 2. The first kappa shape index (κ1) is 34.1. The van der Waals surface area contributed by atoms with Crippen LogP contribution in [0.25, 0.3) is 82.6 Å². The first-order chi connectivity index (χ1) is 29.8. The van der Waals surface area contributed by atoms with Crippen molar-refractivity contribution < 1.29 is 0 Å². The second kappa shape index (κ2) is 13.9. The summed E-state index contributed by atoms with van der Waals surface area (Å²) in [4.78, 5) is 5.32. The van der Waals surface area contributed by atoms with Gasteiger partial charge in [0.25, 0.3) is 0 Å². The van der Waals surface area contributed by atoms with Gasteiger partial charge in [0.05, 0.1) is 33.8 Å². The van der Waals surface area contributed by atoms with Gasteiger partial charge in [0.1, 0.15) is 5.84 Å². The summed E-state index contributed by atoms with van der Waals surface area (Å²) >= 11 is 0. The van der Waals surface area contributed by atoms with Crippen LogP contribution in [0.5, 0.6) is 0 Å². The Hall–Kier alpha value is -7.95. The van der Waals surface area contributed by atoms with Crippen molar-refractivity contribution >= 4 is 65.9 Å². The van der Waals surface area contributed by atoms with Crippen molar-refractivity contribution in [3.63, 3.8) is 0 Å². The van der Waals surface area contributed by atoms with E-state index in [4.69, 9.17) is 4.99 Å². The minimum Gasteiger partial charge on any atom is -0.359 e. The SMILES string of the molecule is C1=C(c2ccc(-c3cc(-n4c5ccccc5c5ccccc54)cc(-n4c5ccccc5c5ccccc54)c3)c3ccccc23)N=C(c2ccccc2)NC1c1ccccc1. The van der Waals surface area contributed by atoms with Crippen LogP contribution in [-0.2, 0) is 0 Å². The fraction of sp³-hybridized carbons (Fsp3) is 0.0179. The molecule has 9 aromatic carbocycles. The Morgan fingerprint density at radius 2 is 0.783 bits per heavy atom. The molecule has 1 aliphatic rings. The zero-order valence-corrected chi connectivity index (χ0v) is 32.7. The van der Waals surface area contributed by atoms with E-state index in [1.807, 2.05) is 6.07 Å². The number of nitrogens with zero attached hydrogens (tertiary/aromatic N) is 3. The van der Waals surface area contributed by atoms with Gasteiger partial charge in [-0.25, -0.2) is 4.99 Å². The van der Waals surface area contributed by atoms with E-state index in [9.17, 15) is 0 Å². The van der Waals surface area contributed by atoms with Crippen molar-refractivity contribution in [3.8, 4) is 22.5 Å². The first-order valence-electron chi connectivity index (χ1n) is 20.6. The molecule has 11 aromatic rings. The molecule has 1 N–H and O–H groups in total. The van der Waals surface area contributed by atoms with Gasteiger partial charge in [0.2, 0.25) is 0 Å². The number of hydrogen-bond donors (Lipinski definition) is 1. The number of amidine groups is 1. The van der Waals surface area contributed by atoms with Crippen LogP contribution in [0.4, 0.5) is 0 Å². The fourth-order valence-electron chi connectivity index (χ4n) is 9.46. The Labute approximate surface area is 347 Å². The third-order valence-corrected chi connectivity index (χ3v) is 12.1. The van der Waals surface area contributed by atoms with E-state index >= 15 is 0 Å². The molecule has 0 radical (unpaired) electrons. The van der Waals surface area contributed by atoms with Crippen LogP contribution in [0.15, 0.2) is 223 Å². The van der Waals surface area contributed by atoms with Crippen molar-refractivity contribution in [1.29, 1.82) is 0 Å². The number of aromatic nitrogens is 2. The Morgan fingerprint density at radius 3 is 1.30 bits per heavy atom. The van der Waals surface area contributed by atoms with Crippen molar-refractivity contribution in [3.05, 3.63) is 235 Å². The summed E-state index contributed by atoms with van der Waals surface area (Å²) in [6, 6.07) is 76.6. The smallest absolute Gasteiger partial charge is 0.134 e. The number of nitrogens with one attached hydrogen (secondary N) is 1. The van der Waals surface area contributed by atoms with Crippen LogP contribution < -0.4 is 5.32 Å². The summed E-state index contributed by atoms with van der Waals surface area (Å²) in [7, 11) is 0. The molecule has 4 heteroatoms. The first-order valence-corrected chi connectivity index (χ1v) is 20.6. The van der Waals surface area contributed by atoms with E-state index in [1.54, 1.807) is 0 Å². The molecule has 2 aromatic heterocycles. The summed E-state index contributed by atoms with van der Waals surface area (Å²) in [6.07, 6.45) is 2.27. The fourth-order valence-corrected chi connectivity index (χ4v) is 9.46. The monoisotopic (exact) mass is 766 g/mol. The maximum Gasteiger partial charge on any atom is 0.134 e. The molecule has 12 rings (SSSR count). The number of fused-ring (bicyclic) bond motifs is 7. The van der Waals surface area contributed by atoms with Gasteiger partial charge in [0.15, 0.2) is 0 Å². The number of para-hydroxylation sites is 4. The average Bonchev–Trinajstić information content (AvgIpc) is 3.85. The molecular weight excluding hydrogens is 729 g/mol. The second-order valence-electron chi connectivity index (χ2n) is 15.6. The van der Waals surface area contributed by atoms with Crippen LogP contribution >= 0.6 is 0 Å². The van der Waals surface area contributed by atoms with Gasteiger partial charge >= 0.3 is 0 Å². The molecule has 1 unspecified atom stereocenters. The van der Waals surface area contributed by atoms with Gasteiger partial charge in [-0.2, -0.15) is 0 Å². The highest BCUT2D eigenvalue weighted by molar-refractivity contribution is 6.12. The third-order valence-electron chi connectivity index (χ3n) is 12.1. The number of rotatable bonds is 6. The van der Waals surface area contributed by atoms with Crippen LogP contribution in [-0.4, -0.2) is 15.0 Å². The van der Waals surface area contributed by atoms with Gasteiger partial charge in [-0.05, 0) is 76.0 Å². The molecule has 0 aliphatic carbocycles. The van der Waals surface area contributed by atoms with Crippen molar-refractivity contribution in [2.45, 2.75) is 6.04 Å². The minimum atomic E-state index is -0.0379. The van der Waals surface area contributed by atoms with Crippen LogP contribution in [0.2, 0.25) is 0 Å². The predicted molar refractivity (Wildman–Crippen MR) is 251 cm³/mol. The molecule has 0 spiro atoms. The molecule has 60 heavy (non-hydrogen) atoms. The second-order valence-corrected chi connectivity index (χ2v) is 15.6. The molecule has 0 bridgehead atoms. The molecule has 1 aliphatic heterocycles. The molecule has 0 fully saturated rings. The molecule has 3 heterocycles. The highest BCUT2D eigenvalue weighted by Gasteiger charge is 2.23. The predicted octanol–water partition coefficient (Wildman–Crippen LogP) is 13.8. The molecular formula is C56H38N4. The topological polar surface area (TPSA) is 34.2 Å². The highest BCUT2D eigenvalue weighted by Crippen LogP contribution is 2.41. The minimum absolute atomic E-state index is 0.0379. The standard InChI is InChI=1S/C56H38N4/c1-3-17-37(18-4-1)50-36-51(58-56(57-50)38-19-5-2-6-20-38)45-32-31-42(43-21-7-8-22-44(43)45)39-33-40(59-52-27-13-9-23-46(52)47-24-10-14-28-53(47)59)35-41(34-39)60-54-29-15-11-25-48(54)49-26-12-16-30-55(49)60/h1-36,50H,(H,57,58). The average molecular weight is 767 g/mol. The summed E-state index contributed by atoms with van der Waals surface area (Å²) < 4.78 is 4.87. The maximum absolute atomic E-state index is 5.32. The highest BCUT2D eigenvalue weighted by atomic mass is 15.1. The Morgan fingerprint density at radius 1 is 0.367 bits per heavy atom. The lowest BCUT2D eigenvalue weighted by Gasteiger charge is -2.25. The van der Waals surface area contributed by atoms with E-state index in [1.165, 1.54) is 60.1 Å². The number of benzene rings is 9. The summed E-state index contributed by atoms with van der Waals surface area (Å²) in [6.45, 7) is 0. The lowest BCUT2D eigenvalue weighted by molar-refractivity contribution is 0.781. The lowest BCUT2D eigenvalue weighted by Crippen LogP contribution is -2.31. The number of aliphatic imine (C=N–C) groups is 1. The molecule has 4 nitrogen and oxygen atoms in total. The Bertz CT molecular complexity index is 3280. The van der Waals surface area contributed by atoms with E-state index < -0.39 is 0 Å². The zero-order valence-electron chi connectivity index (χ0n) is 32.7. The third kappa shape index (κ3) is 5.49.